The zero-order valence-corrected chi connectivity index (χ0v) is 12.0. The maximum atomic E-state index is 12.8. The van der Waals surface area contributed by atoms with Crippen molar-refractivity contribution in [3.05, 3.63) is 24.0 Å². The highest BCUT2D eigenvalue weighted by Gasteiger charge is 2.31. The summed E-state index contributed by atoms with van der Waals surface area (Å²) in [5.41, 5.74) is 1.54. The Morgan fingerprint density at radius 2 is 2.20 bits per heavy atom. The van der Waals surface area contributed by atoms with Crippen LogP contribution >= 0.6 is 0 Å². The van der Waals surface area contributed by atoms with Crippen molar-refractivity contribution < 1.29 is 4.79 Å². The third-order valence-corrected chi connectivity index (χ3v) is 4.41. The molecule has 5 nitrogen and oxygen atoms in total. The van der Waals surface area contributed by atoms with E-state index in [9.17, 15) is 4.79 Å². The van der Waals surface area contributed by atoms with E-state index in [0.717, 1.165) is 37.3 Å². The van der Waals surface area contributed by atoms with Crippen LogP contribution in [0, 0.1) is 0 Å². The molecule has 3 rings (SSSR count). The Morgan fingerprint density at radius 1 is 1.35 bits per heavy atom. The Labute approximate surface area is 120 Å². The third kappa shape index (κ3) is 2.50. The number of nitrogens with zero attached hydrogens (tertiary/aromatic N) is 3. The maximum absolute atomic E-state index is 12.8. The van der Waals surface area contributed by atoms with Gasteiger partial charge in [0.25, 0.3) is 5.91 Å². The summed E-state index contributed by atoms with van der Waals surface area (Å²) < 4.78 is 0. The Morgan fingerprint density at radius 3 is 3.05 bits per heavy atom. The molecule has 20 heavy (non-hydrogen) atoms. The molecule has 1 aromatic rings. The summed E-state index contributed by atoms with van der Waals surface area (Å²) in [6, 6.07) is 2.37. The number of carbonyl (C=O) groups excluding carboxylic acids is 1. The predicted molar refractivity (Wildman–Crippen MR) is 78.9 cm³/mol. The number of nitrogens with one attached hydrogen (secondary N) is 1. The number of hydrogen-bond donors (Lipinski definition) is 1. The lowest BCUT2D eigenvalue weighted by molar-refractivity contribution is 0.0744. The van der Waals surface area contributed by atoms with Gasteiger partial charge in [-0.3, -0.25) is 14.7 Å². The van der Waals surface area contributed by atoms with Crippen LogP contribution in [0.5, 0.6) is 0 Å². The van der Waals surface area contributed by atoms with Crippen LogP contribution in [0.2, 0.25) is 0 Å². The summed E-state index contributed by atoms with van der Waals surface area (Å²) in [4.78, 5) is 21.4. The molecule has 2 aliphatic rings. The highest BCUT2D eigenvalue weighted by atomic mass is 16.2. The van der Waals surface area contributed by atoms with Crippen LogP contribution in [0.4, 0.5) is 5.69 Å². The van der Waals surface area contributed by atoms with Crippen LogP contribution in [-0.4, -0.2) is 60.0 Å². The van der Waals surface area contributed by atoms with Gasteiger partial charge in [0, 0.05) is 38.9 Å². The Kier molecular flexibility index (Phi) is 3.87. The normalized spacial score (nSPS) is 23.2. The molecule has 1 atom stereocenters. The standard InChI is InChI=1S/C15H22N4O/c1-16-14-10-17-6-5-13(14)15(20)19-9-3-8-18-7-2-4-12(18)11-19/h5-6,10,12,16H,2-4,7-9,11H2,1H3. The highest BCUT2D eigenvalue weighted by molar-refractivity contribution is 5.99. The number of carbonyl (C=O) groups is 1. The second kappa shape index (κ2) is 5.79. The van der Waals surface area contributed by atoms with Crippen molar-refractivity contribution in [2.75, 3.05) is 38.5 Å². The SMILES string of the molecule is CNc1cnccc1C(=O)N1CCCN2CCCC2C1. The van der Waals surface area contributed by atoms with Gasteiger partial charge in [-0.25, -0.2) is 0 Å². The lowest BCUT2D eigenvalue weighted by atomic mass is 10.1. The fourth-order valence-corrected chi connectivity index (χ4v) is 3.34. The molecule has 0 saturated carbocycles. The molecule has 0 radical (unpaired) electrons. The van der Waals surface area contributed by atoms with Gasteiger partial charge in [0.1, 0.15) is 0 Å². The van der Waals surface area contributed by atoms with E-state index >= 15 is 0 Å². The average Bonchev–Trinajstić information content (AvgIpc) is 2.83. The molecule has 1 aromatic heterocycles. The van der Waals surface area contributed by atoms with Gasteiger partial charge in [0.2, 0.25) is 0 Å². The summed E-state index contributed by atoms with van der Waals surface area (Å²) in [5, 5.41) is 3.06. The zero-order chi connectivity index (χ0) is 13.9. The monoisotopic (exact) mass is 274 g/mol. The summed E-state index contributed by atoms with van der Waals surface area (Å²) in [6.45, 7) is 4.05. The molecular formula is C15H22N4O. The molecule has 1 N–H and O–H groups in total. The fourth-order valence-electron chi connectivity index (χ4n) is 3.34. The third-order valence-electron chi connectivity index (χ3n) is 4.41. The van der Waals surface area contributed by atoms with E-state index in [4.69, 9.17) is 0 Å². The van der Waals surface area contributed by atoms with Gasteiger partial charge in [-0.15, -0.1) is 0 Å². The summed E-state index contributed by atoms with van der Waals surface area (Å²) in [6.07, 6.45) is 6.96. The van der Waals surface area contributed by atoms with Crippen molar-refractivity contribution in [1.29, 1.82) is 0 Å². The average molecular weight is 274 g/mol. The first-order valence-electron chi connectivity index (χ1n) is 7.44. The highest BCUT2D eigenvalue weighted by Crippen LogP contribution is 2.23. The van der Waals surface area contributed by atoms with Gasteiger partial charge in [0.05, 0.1) is 17.4 Å². The minimum absolute atomic E-state index is 0.130. The predicted octanol–water partition coefficient (Wildman–Crippen LogP) is 1.43. The number of rotatable bonds is 2. The molecule has 5 heteroatoms. The van der Waals surface area contributed by atoms with E-state index < -0.39 is 0 Å². The molecule has 0 bridgehead atoms. The molecular weight excluding hydrogens is 252 g/mol. The summed E-state index contributed by atoms with van der Waals surface area (Å²) in [5.74, 6) is 0.130. The second-order valence-corrected chi connectivity index (χ2v) is 5.61. The lowest BCUT2D eigenvalue weighted by Gasteiger charge is -2.26. The van der Waals surface area contributed by atoms with E-state index in [2.05, 4.69) is 15.2 Å². The molecule has 0 aliphatic carbocycles. The van der Waals surface area contributed by atoms with E-state index in [1.165, 1.54) is 19.4 Å². The first-order valence-corrected chi connectivity index (χ1v) is 7.44. The van der Waals surface area contributed by atoms with Gasteiger partial charge in [-0.1, -0.05) is 0 Å². The van der Waals surface area contributed by atoms with Gasteiger partial charge in [-0.2, -0.15) is 0 Å². The van der Waals surface area contributed by atoms with Crippen molar-refractivity contribution in [1.82, 2.24) is 14.8 Å². The molecule has 1 unspecified atom stereocenters. The fraction of sp³-hybridized carbons (Fsp3) is 0.600. The van der Waals surface area contributed by atoms with Gasteiger partial charge in [-0.05, 0) is 31.9 Å². The zero-order valence-electron chi connectivity index (χ0n) is 12.0. The molecule has 1 amide bonds. The quantitative estimate of drug-likeness (QED) is 0.886. The minimum Gasteiger partial charge on any atom is -0.386 e. The first kappa shape index (κ1) is 13.4. The summed E-state index contributed by atoms with van der Waals surface area (Å²) in [7, 11) is 1.83. The second-order valence-electron chi connectivity index (χ2n) is 5.61. The van der Waals surface area contributed by atoms with Crippen LogP contribution in [0.3, 0.4) is 0 Å². The molecule has 108 valence electrons. The number of fused-ring (bicyclic) bond motifs is 1. The molecule has 0 aromatic carbocycles. The minimum atomic E-state index is 0.130. The van der Waals surface area contributed by atoms with E-state index in [0.29, 0.717) is 6.04 Å². The number of anilines is 1. The van der Waals surface area contributed by atoms with E-state index in [-0.39, 0.29) is 5.91 Å². The van der Waals surface area contributed by atoms with Crippen molar-refractivity contribution in [3.8, 4) is 0 Å². The van der Waals surface area contributed by atoms with Crippen LogP contribution in [0.15, 0.2) is 18.5 Å². The van der Waals surface area contributed by atoms with E-state index in [1.54, 1.807) is 12.4 Å². The van der Waals surface area contributed by atoms with Gasteiger partial charge in [0.15, 0.2) is 0 Å². The number of pyridine rings is 1. The Bertz CT molecular complexity index is 491. The van der Waals surface area contributed by atoms with Crippen molar-refractivity contribution >= 4 is 11.6 Å². The van der Waals surface area contributed by atoms with Crippen LogP contribution < -0.4 is 5.32 Å². The molecule has 2 fully saturated rings. The van der Waals surface area contributed by atoms with Crippen LogP contribution in [0.1, 0.15) is 29.6 Å². The van der Waals surface area contributed by atoms with Crippen molar-refractivity contribution in [2.24, 2.45) is 0 Å². The molecule has 2 saturated heterocycles. The largest absolute Gasteiger partial charge is 0.386 e. The molecule has 3 heterocycles. The lowest BCUT2D eigenvalue weighted by Crippen LogP contribution is -2.39. The van der Waals surface area contributed by atoms with Crippen molar-refractivity contribution in [3.63, 3.8) is 0 Å². The number of hydrogen-bond acceptors (Lipinski definition) is 4. The first-order chi connectivity index (χ1) is 9.79. The molecule has 2 aliphatic heterocycles. The van der Waals surface area contributed by atoms with E-state index in [1.807, 2.05) is 18.0 Å². The molecule has 0 spiro atoms. The smallest absolute Gasteiger partial charge is 0.256 e. The Balaban J connectivity index is 1.79. The van der Waals surface area contributed by atoms with Crippen molar-refractivity contribution in [2.45, 2.75) is 25.3 Å². The van der Waals surface area contributed by atoms with Crippen LogP contribution in [-0.2, 0) is 0 Å². The summed E-state index contributed by atoms with van der Waals surface area (Å²) >= 11 is 0. The van der Waals surface area contributed by atoms with Gasteiger partial charge < -0.3 is 10.2 Å². The van der Waals surface area contributed by atoms with Crippen LogP contribution in [0.25, 0.3) is 0 Å². The topological polar surface area (TPSA) is 48.5 Å². The Hall–Kier alpha value is -1.62. The maximum Gasteiger partial charge on any atom is 0.256 e. The number of aromatic nitrogens is 1. The number of amides is 1. The van der Waals surface area contributed by atoms with Gasteiger partial charge >= 0.3 is 0 Å².